The number of nitrogens with zero attached hydrogens (tertiary/aromatic N) is 4. The number of nitrogen functional groups attached to an aromatic ring is 1. The average Bonchev–Trinajstić information content (AvgIpc) is 2.91. The highest BCUT2D eigenvalue weighted by atomic mass is 16.5. The molecule has 0 radical (unpaired) electrons. The Morgan fingerprint density at radius 3 is 3.06 bits per heavy atom. The first-order valence-electron chi connectivity index (χ1n) is 5.99. The van der Waals surface area contributed by atoms with Gasteiger partial charge in [-0.25, -0.2) is 15.0 Å². The molecule has 7 nitrogen and oxygen atoms in total. The van der Waals surface area contributed by atoms with Crippen LogP contribution in [-0.4, -0.2) is 37.3 Å². The molecule has 2 aromatic heterocycles. The van der Waals surface area contributed by atoms with Crippen LogP contribution < -0.4 is 5.73 Å². The van der Waals surface area contributed by atoms with E-state index in [0.29, 0.717) is 28.8 Å². The molecule has 0 aromatic carbocycles. The summed E-state index contributed by atoms with van der Waals surface area (Å²) in [6.07, 6.45) is 4.06. The highest BCUT2D eigenvalue weighted by Crippen LogP contribution is 2.56. The maximum absolute atomic E-state index is 9.24. The number of nitrogens with two attached hydrogens (primary N) is 1. The molecule has 1 aliphatic heterocycles. The summed E-state index contributed by atoms with van der Waals surface area (Å²) in [6, 6.07) is 0. The Morgan fingerprint density at radius 2 is 2.28 bits per heavy atom. The third-order valence-electron chi connectivity index (χ3n) is 3.89. The Hall–Kier alpha value is -1.73. The van der Waals surface area contributed by atoms with Crippen LogP contribution in [0.4, 0.5) is 5.82 Å². The SMILES string of the molecule is Nc1ncnc2c1ncn2[C@H]1O[C@@H](CO)[C@H]2C[C@H]21. The van der Waals surface area contributed by atoms with E-state index >= 15 is 0 Å². The molecule has 0 amide bonds. The summed E-state index contributed by atoms with van der Waals surface area (Å²) in [5.74, 6) is 1.30. The van der Waals surface area contributed by atoms with Gasteiger partial charge in [-0.2, -0.15) is 0 Å². The van der Waals surface area contributed by atoms with Crippen molar-refractivity contribution in [3.05, 3.63) is 12.7 Å². The third kappa shape index (κ3) is 1.23. The number of imidazole rings is 1. The fourth-order valence-electron chi connectivity index (χ4n) is 2.88. The van der Waals surface area contributed by atoms with Gasteiger partial charge in [0.1, 0.15) is 18.1 Å². The predicted octanol–water partition coefficient (Wildman–Crippen LogP) is -0.0657. The van der Waals surface area contributed by atoms with Crippen molar-refractivity contribution in [3.8, 4) is 0 Å². The van der Waals surface area contributed by atoms with Gasteiger partial charge in [0.15, 0.2) is 11.5 Å². The van der Waals surface area contributed by atoms with Crippen LogP contribution in [0.25, 0.3) is 11.2 Å². The first-order valence-corrected chi connectivity index (χ1v) is 5.99. The summed E-state index contributed by atoms with van der Waals surface area (Å²) in [4.78, 5) is 12.4. The average molecular weight is 247 g/mol. The van der Waals surface area contributed by atoms with Crippen molar-refractivity contribution in [3.63, 3.8) is 0 Å². The topological polar surface area (TPSA) is 99.1 Å². The van der Waals surface area contributed by atoms with Crippen LogP contribution in [0.1, 0.15) is 12.6 Å². The fourth-order valence-corrected chi connectivity index (χ4v) is 2.88. The summed E-state index contributed by atoms with van der Waals surface area (Å²) in [5.41, 5.74) is 7.05. The molecule has 4 atom stereocenters. The minimum atomic E-state index is -0.0913. The van der Waals surface area contributed by atoms with Gasteiger partial charge in [0.05, 0.1) is 19.0 Å². The van der Waals surface area contributed by atoms with Crippen LogP contribution in [0, 0.1) is 11.8 Å². The number of anilines is 1. The molecular weight excluding hydrogens is 234 g/mol. The molecule has 4 rings (SSSR count). The zero-order valence-electron chi connectivity index (χ0n) is 9.60. The van der Waals surface area contributed by atoms with E-state index in [0.717, 1.165) is 6.42 Å². The lowest BCUT2D eigenvalue weighted by Gasteiger charge is -2.17. The molecule has 3 N–H and O–H groups in total. The van der Waals surface area contributed by atoms with Gasteiger partial charge in [0, 0.05) is 5.92 Å². The van der Waals surface area contributed by atoms with Gasteiger partial charge >= 0.3 is 0 Å². The van der Waals surface area contributed by atoms with Crippen LogP contribution in [-0.2, 0) is 4.74 Å². The third-order valence-corrected chi connectivity index (χ3v) is 3.89. The van der Waals surface area contributed by atoms with Gasteiger partial charge in [-0.15, -0.1) is 0 Å². The van der Waals surface area contributed by atoms with Gasteiger partial charge in [-0.05, 0) is 12.3 Å². The molecular formula is C11H13N5O2. The van der Waals surface area contributed by atoms with E-state index in [2.05, 4.69) is 15.0 Å². The molecule has 0 bridgehead atoms. The van der Waals surface area contributed by atoms with Crippen molar-refractivity contribution in [2.45, 2.75) is 18.8 Å². The summed E-state index contributed by atoms with van der Waals surface area (Å²) in [6.45, 7) is 0.0709. The predicted molar refractivity (Wildman–Crippen MR) is 62.3 cm³/mol. The van der Waals surface area contributed by atoms with Crippen molar-refractivity contribution in [2.24, 2.45) is 11.8 Å². The highest BCUT2D eigenvalue weighted by Gasteiger charge is 2.56. The molecule has 18 heavy (non-hydrogen) atoms. The number of hydrogen-bond donors (Lipinski definition) is 2. The maximum Gasteiger partial charge on any atom is 0.167 e. The number of hydrogen-bond acceptors (Lipinski definition) is 6. The van der Waals surface area contributed by atoms with E-state index in [4.69, 9.17) is 10.5 Å². The fraction of sp³-hybridized carbons (Fsp3) is 0.545. The molecule has 0 spiro atoms. The molecule has 7 heteroatoms. The number of aliphatic hydroxyl groups excluding tert-OH is 1. The van der Waals surface area contributed by atoms with Gasteiger partial charge in [-0.3, -0.25) is 4.57 Å². The standard InChI is InChI=1S/C11H13N5O2/c12-9-8-10(14-3-13-9)16(4-15-8)11-6-1-5(6)7(2-17)18-11/h3-7,11,17H,1-2H2,(H2,12,13,14)/t5-,6+,7-,11-/m0/s1. The lowest BCUT2D eigenvalue weighted by atomic mass is 10.2. The molecule has 1 aliphatic carbocycles. The molecule has 1 saturated heterocycles. The van der Waals surface area contributed by atoms with Crippen LogP contribution in [0.2, 0.25) is 0 Å². The van der Waals surface area contributed by atoms with Crippen LogP contribution in [0.3, 0.4) is 0 Å². The van der Waals surface area contributed by atoms with Crippen LogP contribution in [0.15, 0.2) is 12.7 Å². The lowest BCUT2D eigenvalue weighted by Crippen LogP contribution is -2.19. The monoisotopic (exact) mass is 247 g/mol. The zero-order chi connectivity index (χ0) is 12.3. The zero-order valence-corrected chi connectivity index (χ0v) is 9.60. The highest BCUT2D eigenvalue weighted by molar-refractivity contribution is 5.81. The van der Waals surface area contributed by atoms with Crippen molar-refractivity contribution < 1.29 is 9.84 Å². The molecule has 1 saturated carbocycles. The lowest BCUT2D eigenvalue weighted by molar-refractivity contribution is -0.0479. The summed E-state index contributed by atoms with van der Waals surface area (Å²) >= 11 is 0. The van der Waals surface area contributed by atoms with E-state index in [1.165, 1.54) is 6.33 Å². The number of fused-ring (bicyclic) bond motifs is 2. The largest absolute Gasteiger partial charge is 0.394 e. The number of aliphatic hydroxyl groups is 1. The molecule has 0 unspecified atom stereocenters. The quantitative estimate of drug-likeness (QED) is 0.771. The van der Waals surface area contributed by atoms with Crippen molar-refractivity contribution >= 4 is 17.0 Å². The smallest absolute Gasteiger partial charge is 0.167 e. The molecule has 94 valence electrons. The second kappa shape index (κ2) is 3.39. The second-order valence-electron chi connectivity index (χ2n) is 4.89. The first kappa shape index (κ1) is 10.2. The Kier molecular flexibility index (Phi) is 1.93. The van der Waals surface area contributed by atoms with Crippen molar-refractivity contribution in [1.29, 1.82) is 0 Å². The van der Waals surface area contributed by atoms with Gasteiger partial charge < -0.3 is 15.6 Å². The number of ether oxygens (including phenoxy) is 1. The molecule has 2 fully saturated rings. The normalized spacial score (nSPS) is 33.8. The Labute approximate surface area is 103 Å². The van der Waals surface area contributed by atoms with E-state index in [9.17, 15) is 5.11 Å². The van der Waals surface area contributed by atoms with Gasteiger partial charge in [0.2, 0.25) is 0 Å². The molecule has 2 aromatic rings. The van der Waals surface area contributed by atoms with Crippen LogP contribution in [0.5, 0.6) is 0 Å². The molecule has 2 aliphatic rings. The van der Waals surface area contributed by atoms with E-state index < -0.39 is 0 Å². The second-order valence-corrected chi connectivity index (χ2v) is 4.89. The summed E-state index contributed by atoms with van der Waals surface area (Å²) < 4.78 is 7.73. The summed E-state index contributed by atoms with van der Waals surface area (Å²) in [5, 5.41) is 9.24. The van der Waals surface area contributed by atoms with Crippen LogP contribution >= 0.6 is 0 Å². The maximum atomic E-state index is 9.24. The van der Waals surface area contributed by atoms with Crippen molar-refractivity contribution in [1.82, 2.24) is 19.5 Å². The molecule has 3 heterocycles. The summed E-state index contributed by atoms with van der Waals surface area (Å²) in [7, 11) is 0. The van der Waals surface area contributed by atoms with E-state index in [-0.39, 0.29) is 18.9 Å². The van der Waals surface area contributed by atoms with E-state index in [1.807, 2.05) is 4.57 Å². The number of rotatable bonds is 2. The number of aromatic nitrogens is 4. The first-order chi connectivity index (χ1) is 8.79. The minimum Gasteiger partial charge on any atom is -0.394 e. The Morgan fingerprint density at radius 1 is 1.39 bits per heavy atom. The Bertz CT molecular complexity index is 612. The minimum absolute atomic E-state index is 0.0587. The van der Waals surface area contributed by atoms with Crippen molar-refractivity contribution in [2.75, 3.05) is 12.3 Å². The van der Waals surface area contributed by atoms with Gasteiger partial charge in [-0.1, -0.05) is 0 Å². The Balaban J connectivity index is 1.78. The van der Waals surface area contributed by atoms with E-state index in [1.54, 1.807) is 6.33 Å². The van der Waals surface area contributed by atoms with Gasteiger partial charge in [0.25, 0.3) is 0 Å².